The molecule has 6 heteroatoms. The standard InChI is InChI=1S/C26H29N3O3/c1-19(30)29-16-13-21-7-3-4-8-23(21)24(29)17-25(31)27-18-20-9-11-22(12-10-20)26(32)28-14-5-2-6-15-28/h3-4,7-13,16,24H,2,5-6,14-15,17-18H2,1H3,(H,27,31). The van der Waals surface area contributed by atoms with Crippen LogP contribution in [0.25, 0.3) is 6.08 Å². The zero-order chi connectivity index (χ0) is 22.5. The van der Waals surface area contributed by atoms with Crippen LogP contribution in [0.2, 0.25) is 0 Å². The highest BCUT2D eigenvalue weighted by Gasteiger charge is 2.28. The molecular weight excluding hydrogens is 402 g/mol. The van der Waals surface area contributed by atoms with E-state index in [-0.39, 0.29) is 30.2 Å². The van der Waals surface area contributed by atoms with Crippen LogP contribution in [-0.4, -0.2) is 40.6 Å². The van der Waals surface area contributed by atoms with Gasteiger partial charge in [0.1, 0.15) is 0 Å². The van der Waals surface area contributed by atoms with Crippen LogP contribution in [0, 0.1) is 0 Å². The summed E-state index contributed by atoms with van der Waals surface area (Å²) in [7, 11) is 0. The Hall–Kier alpha value is -3.41. The first-order valence-electron chi connectivity index (χ1n) is 11.2. The van der Waals surface area contributed by atoms with Crippen LogP contribution in [0.4, 0.5) is 0 Å². The van der Waals surface area contributed by atoms with Gasteiger partial charge in [0.05, 0.1) is 12.5 Å². The van der Waals surface area contributed by atoms with E-state index in [4.69, 9.17) is 0 Å². The van der Waals surface area contributed by atoms with Crippen molar-refractivity contribution in [3.8, 4) is 0 Å². The summed E-state index contributed by atoms with van der Waals surface area (Å²) in [6, 6.07) is 14.9. The maximum atomic E-state index is 12.7. The van der Waals surface area contributed by atoms with Crippen LogP contribution >= 0.6 is 0 Å². The lowest BCUT2D eigenvalue weighted by Gasteiger charge is -2.32. The average molecular weight is 432 g/mol. The van der Waals surface area contributed by atoms with Crippen LogP contribution in [0.5, 0.6) is 0 Å². The number of rotatable bonds is 5. The van der Waals surface area contributed by atoms with Gasteiger partial charge in [-0.1, -0.05) is 36.4 Å². The predicted molar refractivity (Wildman–Crippen MR) is 123 cm³/mol. The van der Waals surface area contributed by atoms with Gasteiger partial charge < -0.3 is 15.1 Å². The summed E-state index contributed by atoms with van der Waals surface area (Å²) in [6.45, 7) is 3.54. The Bertz CT molecular complexity index is 1020. The topological polar surface area (TPSA) is 69.7 Å². The first kappa shape index (κ1) is 21.8. The van der Waals surface area contributed by atoms with Crippen molar-refractivity contribution in [2.75, 3.05) is 13.1 Å². The number of hydrogen-bond donors (Lipinski definition) is 1. The molecule has 0 aliphatic carbocycles. The highest BCUT2D eigenvalue weighted by molar-refractivity contribution is 5.94. The van der Waals surface area contributed by atoms with E-state index < -0.39 is 0 Å². The number of nitrogens with zero attached hydrogens (tertiary/aromatic N) is 2. The molecule has 2 aliphatic heterocycles. The van der Waals surface area contributed by atoms with Crippen molar-refractivity contribution in [3.63, 3.8) is 0 Å². The molecule has 1 fully saturated rings. The van der Waals surface area contributed by atoms with Crippen molar-refractivity contribution < 1.29 is 14.4 Å². The molecule has 0 spiro atoms. The Morgan fingerprint density at radius 1 is 0.969 bits per heavy atom. The number of carbonyl (C=O) groups is 3. The van der Waals surface area contributed by atoms with Gasteiger partial charge >= 0.3 is 0 Å². The molecule has 6 nitrogen and oxygen atoms in total. The third-order valence-electron chi connectivity index (χ3n) is 6.18. The quantitative estimate of drug-likeness (QED) is 0.781. The number of fused-ring (bicyclic) bond motifs is 1. The lowest BCUT2D eigenvalue weighted by atomic mass is 9.93. The molecule has 1 N–H and O–H groups in total. The Morgan fingerprint density at radius 2 is 1.69 bits per heavy atom. The van der Waals surface area contributed by atoms with Gasteiger partial charge in [-0.15, -0.1) is 0 Å². The number of carbonyl (C=O) groups excluding carboxylic acids is 3. The molecule has 2 heterocycles. The SMILES string of the molecule is CC(=O)N1C=Cc2ccccc2C1CC(=O)NCc1ccc(C(=O)N2CCCCC2)cc1. The van der Waals surface area contributed by atoms with Crippen molar-refractivity contribution in [2.24, 2.45) is 0 Å². The maximum Gasteiger partial charge on any atom is 0.253 e. The van der Waals surface area contributed by atoms with E-state index in [2.05, 4.69) is 5.32 Å². The second-order valence-electron chi connectivity index (χ2n) is 8.42. The minimum atomic E-state index is -0.321. The average Bonchev–Trinajstić information content (AvgIpc) is 2.83. The highest BCUT2D eigenvalue weighted by atomic mass is 16.2. The second-order valence-corrected chi connectivity index (χ2v) is 8.42. The molecule has 2 aliphatic rings. The molecular formula is C26H29N3O3. The smallest absolute Gasteiger partial charge is 0.253 e. The molecule has 1 atom stereocenters. The number of nitrogens with one attached hydrogen (secondary N) is 1. The lowest BCUT2D eigenvalue weighted by molar-refractivity contribution is -0.130. The molecule has 4 rings (SSSR count). The molecule has 0 aromatic heterocycles. The van der Waals surface area contributed by atoms with Gasteiger partial charge in [0.2, 0.25) is 11.8 Å². The van der Waals surface area contributed by atoms with E-state index in [9.17, 15) is 14.4 Å². The first-order valence-corrected chi connectivity index (χ1v) is 11.2. The van der Waals surface area contributed by atoms with Gasteiger partial charge in [-0.25, -0.2) is 0 Å². The van der Waals surface area contributed by atoms with Crippen LogP contribution in [0.1, 0.15) is 65.7 Å². The molecule has 1 saturated heterocycles. The predicted octanol–water partition coefficient (Wildman–Crippen LogP) is 3.89. The van der Waals surface area contributed by atoms with Crippen molar-refractivity contribution in [1.29, 1.82) is 0 Å². The molecule has 2 aromatic rings. The van der Waals surface area contributed by atoms with E-state index in [0.717, 1.165) is 42.6 Å². The van der Waals surface area contributed by atoms with E-state index >= 15 is 0 Å². The highest BCUT2D eigenvalue weighted by Crippen LogP contribution is 2.32. The Kier molecular flexibility index (Phi) is 6.69. The van der Waals surface area contributed by atoms with Crippen LogP contribution < -0.4 is 5.32 Å². The van der Waals surface area contributed by atoms with Crippen molar-refractivity contribution >= 4 is 23.8 Å². The maximum absolute atomic E-state index is 12.7. The molecule has 0 saturated carbocycles. The summed E-state index contributed by atoms with van der Waals surface area (Å²) in [4.78, 5) is 40.9. The Balaban J connectivity index is 1.36. The van der Waals surface area contributed by atoms with Crippen molar-refractivity contribution in [2.45, 2.75) is 45.2 Å². The fourth-order valence-corrected chi connectivity index (χ4v) is 4.41. The zero-order valence-corrected chi connectivity index (χ0v) is 18.4. The number of hydrogen-bond acceptors (Lipinski definition) is 3. The summed E-state index contributed by atoms with van der Waals surface area (Å²) >= 11 is 0. The van der Waals surface area contributed by atoms with Gasteiger partial charge in [-0.2, -0.15) is 0 Å². The van der Waals surface area contributed by atoms with Gasteiger partial charge in [0.15, 0.2) is 0 Å². The summed E-state index contributed by atoms with van der Waals surface area (Å²) < 4.78 is 0. The van der Waals surface area contributed by atoms with E-state index in [1.807, 2.05) is 59.5 Å². The van der Waals surface area contributed by atoms with Gasteiger partial charge in [-0.05, 0) is 54.2 Å². The fourth-order valence-electron chi connectivity index (χ4n) is 4.41. The number of benzene rings is 2. The van der Waals surface area contributed by atoms with E-state index in [1.54, 1.807) is 11.1 Å². The number of amides is 3. The molecule has 1 unspecified atom stereocenters. The first-order chi connectivity index (χ1) is 15.5. The molecule has 2 aromatic carbocycles. The zero-order valence-electron chi connectivity index (χ0n) is 18.4. The van der Waals surface area contributed by atoms with E-state index in [0.29, 0.717) is 12.1 Å². The minimum Gasteiger partial charge on any atom is -0.352 e. The Morgan fingerprint density at radius 3 is 2.41 bits per heavy atom. The summed E-state index contributed by atoms with van der Waals surface area (Å²) in [5.41, 5.74) is 3.61. The van der Waals surface area contributed by atoms with Gasteiger partial charge in [0.25, 0.3) is 5.91 Å². The largest absolute Gasteiger partial charge is 0.352 e. The number of likely N-dealkylation sites (tertiary alicyclic amines) is 1. The lowest BCUT2D eigenvalue weighted by Crippen LogP contribution is -2.35. The summed E-state index contributed by atoms with van der Waals surface area (Å²) in [5.74, 6) is -0.143. The monoisotopic (exact) mass is 431 g/mol. The number of piperidine rings is 1. The summed E-state index contributed by atoms with van der Waals surface area (Å²) in [5, 5.41) is 2.95. The minimum absolute atomic E-state index is 0.0774. The van der Waals surface area contributed by atoms with Crippen LogP contribution in [-0.2, 0) is 16.1 Å². The van der Waals surface area contributed by atoms with Gasteiger partial charge in [-0.3, -0.25) is 14.4 Å². The molecule has 32 heavy (non-hydrogen) atoms. The molecule has 166 valence electrons. The Labute approximate surface area is 188 Å². The van der Waals surface area contributed by atoms with Crippen LogP contribution in [0.15, 0.2) is 54.7 Å². The summed E-state index contributed by atoms with van der Waals surface area (Å²) in [6.07, 6.45) is 7.16. The fraction of sp³-hybridized carbons (Fsp3) is 0.346. The second kappa shape index (κ2) is 9.81. The molecule has 0 radical (unpaired) electrons. The third-order valence-corrected chi connectivity index (χ3v) is 6.18. The van der Waals surface area contributed by atoms with Crippen molar-refractivity contribution in [1.82, 2.24) is 15.1 Å². The van der Waals surface area contributed by atoms with Crippen molar-refractivity contribution in [3.05, 3.63) is 77.0 Å². The normalized spacial score (nSPS) is 17.6. The van der Waals surface area contributed by atoms with Crippen LogP contribution in [0.3, 0.4) is 0 Å². The molecule has 0 bridgehead atoms. The molecule has 3 amide bonds. The van der Waals surface area contributed by atoms with Gasteiger partial charge in [0, 0.05) is 38.3 Å². The third kappa shape index (κ3) is 4.90. The van der Waals surface area contributed by atoms with E-state index in [1.165, 1.54) is 13.3 Å².